The first-order valence-corrected chi connectivity index (χ1v) is 9.58. The fraction of sp³-hybridized carbons (Fsp3) is 0.0400. The molecule has 148 valence electrons. The van der Waals surface area contributed by atoms with E-state index in [0.717, 1.165) is 22.4 Å². The lowest BCUT2D eigenvalue weighted by Crippen LogP contribution is -2.22. The van der Waals surface area contributed by atoms with Crippen molar-refractivity contribution >= 4 is 34.3 Å². The molecule has 0 saturated carbocycles. The molecular weight excluding hydrogens is 374 g/mol. The molecule has 0 fully saturated rings. The number of benzene rings is 3. The lowest BCUT2D eigenvalue weighted by molar-refractivity contribution is 0.102. The number of hydrogen-bond acceptors (Lipinski definition) is 3. The predicted octanol–water partition coefficient (Wildman–Crippen LogP) is 5.13. The number of para-hydroxylation sites is 1. The van der Waals surface area contributed by atoms with E-state index in [-0.39, 0.29) is 11.0 Å². The zero-order valence-electron chi connectivity index (χ0n) is 16.5. The fourth-order valence-electron chi connectivity index (χ4n) is 3.49. The number of carbonyl (C=O) groups is 1. The number of aromatic nitrogens is 1. The quantitative estimate of drug-likeness (QED) is 0.438. The largest absolute Gasteiger partial charge is 0.388 e. The summed E-state index contributed by atoms with van der Waals surface area (Å²) >= 11 is 0. The molecule has 0 bridgehead atoms. The van der Waals surface area contributed by atoms with Gasteiger partial charge < -0.3 is 15.6 Å². The van der Waals surface area contributed by atoms with E-state index in [1.165, 1.54) is 6.20 Å². The summed E-state index contributed by atoms with van der Waals surface area (Å²) in [5, 5.41) is 6.53. The second-order valence-electron chi connectivity index (χ2n) is 6.84. The average molecular weight is 395 g/mol. The maximum atomic E-state index is 13.0. The lowest BCUT2D eigenvalue weighted by Gasteiger charge is -2.16. The van der Waals surface area contributed by atoms with Gasteiger partial charge in [-0.2, -0.15) is 0 Å². The molecule has 3 aromatic carbocycles. The van der Waals surface area contributed by atoms with Crippen LogP contribution in [0.15, 0.2) is 84.3 Å². The normalized spacial score (nSPS) is 10.6. The number of carbonyl (C=O) groups excluding carboxylic acids is 1. The van der Waals surface area contributed by atoms with Crippen LogP contribution in [-0.2, 0) is 0 Å². The van der Waals surface area contributed by atoms with Crippen molar-refractivity contribution in [2.75, 3.05) is 17.7 Å². The molecule has 0 aliphatic carbocycles. The Hall–Kier alpha value is -4.12. The van der Waals surface area contributed by atoms with Gasteiger partial charge in [-0.3, -0.25) is 9.59 Å². The van der Waals surface area contributed by atoms with Crippen molar-refractivity contribution in [1.82, 2.24) is 4.98 Å². The molecule has 4 rings (SSSR count). The van der Waals surface area contributed by atoms with E-state index in [4.69, 9.17) is 0 Å². The molecule has 3 N–H and O–H groups in total. The number of anilines is 2. The molecule has 1 amide bonds. The highest BCUT2D eigenvalue weighted by molar-refractivity contribution is 6.08. The Kier molecular flexibility index (Phi) is 5.18. The van der Waals surface area contributed by atoms with E-state index in [0.29, 0.717) is 16.6 Å². The summed E-state index contributed by atoms with van der Waals surface area (Å²) in [5.74, 6) is -0.465. The summed E-state index contributed by atoms with van der Waals surface area (Å²) in [7, 11) is 1.81. The van der Waals surface area contributed by atoms with Crippen molar-refractivity contribution in [1.29, 1.82) is 0 Å². The minimum absolute atomic E-state index is 0.0616. The van der Waals surface area contributed by atoms with Gasteiger partial charge in [-0.1, -0.05) is 55.1 Å². The van der Waals surface area contributed by atoms with Crippen LogP contribution in [0.3, 0.4) is 0 Å². The van der Waals surface area contributed by atoms with Crippen LogP contribution in [0.2, 0.25) is 0 Å². The van der Waals surface area contributed by atoms with Gasteiger partial charge in [0.15, 0.2) is 0 Å². The summed E-state index contributed by atoms with van der Waals surface area (Å²) in [6.45, 7) is 3.88. The van der Waals surface area contributed by atoms with Gasteiger partial charge in [-0.05, 0) is 35.4 Å². The van der Waals surface area contributed by atoms with Gasteiger partial charge in [0.2, 0.25) is 5.43 Å². The standard InChI is InChI=1S/C25H21N3O2/c1-3-16-13-19(17-9-5-4-6-10-17)23(14-22(16)26-2)28-25(30)20-15-27-21-12-8-7-11-18(21)24(20)29/h3-15,26H,1H2,2H3,(H,27,29)(H,28,30). The number of rotatable bonds is 5. The highest BCUT2D eigenvalue weighted by atomic mass is 16.2. The monoisotopic (exact) mass is 395 g/mol. The molecule has 0 aliphatic heterocycles. The fourth-order valence-corrected chi connectivity index (χ4v) is 3.49. The van der Waals surface area contributed by atoms with Crippen LogP contribution in [0.25, 0.3) is 28.1 Å². The molecular formula is C25H21N3O2. The molecule has 1 heterocycles. The Morgan fingerprint density at radius 2 is 1.73 bits per heavy atom. The van der Waals surface area contributed by atoms with Crippen LogP contribution in [0.5, 0.6) is 0 Å². The van der Waals surface area contributed by atoms with Crippen molar-refractivity contribution in [3.63, 3.8) is 0 Å². The number of pyridine rings is 1. The Labute approximate surface area is 174 Å². The van der Waals surface area contributed by atoms with E-state index in [1.54, 1.807) is 24.3 Å². The third kappa shape index (κ3) is 3.49. The molecule has 1 aromatic heterocycles. The van der Waals surface area contributed by atoms with Crippen LogP contribution in [0, 0.1) is 0 Å². The van der Waals surface area contributed by atoms with Crippen LogP contribution in [0.1, 0.15) is 15.9 Å². The summed E-state index contributed by atoms with van der Waals surface area (Å²) in [5.41, 5.74) is 4.59. The maximum absolute atomic E-state index is 13.0. The first-order valence-electron chi connectivity index (χ1n) is 9.58. The van der Waals surface area contributed by atoms with E-state index in [9.17, 15) is 9.59 Å². The summed E-state index contributed by atoms with van der Waals surface area (Å²) in [4.78, 5) is 28.9. The van der Waals surface area contributed by atoms with Gasteiger partial charge in [0.05, 0.1) is 5.69 Å². The van der Waals surface area contributed by atoms with Crippen LogP contribution in [-0.4, -0.2) is 17.9 Å². The molecule has 5 heteroatoms. The van der Waals surface area contributed by atoms with Crippen molar-refractivity contribution in [3.05, 3.63) is 101 Å². The van der Waals surface area contributed by atoms with Gasteiger partial charge >= 0.3 is 0 Å². The molecule has 0 aliphatic rings. The zero-order valence-corrected chi connectivity index (χ0v) is 16.5. The zero-order chi connectivity index (χ0) is 21.1. The highest BCUT2D eigenvalue weighted by Gasteiger charge is 2.17. The van der Waals surface area contributed by atoms with E-state index < -0.39 is 5.91 Å². The molecule has 0 radical (unpaired) electrons. The Morgan fingerprint density at radius 3 is 2.47 bits per heavy atom. The van der Waals surface area contributed by atoms with Crippen molar-refractivity contribution in [2.45, 2.75) is 0 Å². The van der Waals surface area contributed by atoms with Crippen LogP contribution < -0.4 is 16.1 Å². The summed E-state index contributed by atoms with van der Waals surface area (Å²) in [6.07, 6.45) is 3.22. The number of fused-ring (bicyclic) bond motifs is 1. The number of aromatic amines is 1. The van der Waals surface area contributed by atoms with Crippen molar-refractivity contribution in [3.8, 4) is 11.1 Å². The minimum atomic E-state index is -0.465. The van der Waals surface area contributed by atoms with Gasteiger partial charge in [0.25, 0.3) is 5.91 Å². The Balaban J connectivity index is 1.81. The SMILES string of the molecule is C=Cc1cc(-c2ccccc2)c(NC(=O)c2c[nH]c3ccccc3c2=O)cc1NC. The van der Waals surface area contributed by atoms with Gasteiger partial charge in [-0.25, -0.2) is 0 Å². The molecule has 30 heavy (non-hydrogen) atoms. The minimum Gasteiger partial charge on any atom is -0.388 e. The molecule has 0 spiro atoms. The van der Waals surface area contributed by atoms with E-state index in [1.807, 2.05) is 55.6 Å². The number of amides is 1. The topological polar surface area (TPSA) is 74.0 Å². The van der Waals surface area contributed by atoms with Gasteiger partial charge in [-0.15, -0.1) is 0 Å². The highest BCUT2D eigenvalue weighted by Crippen LogP contribution is 2.34. The molecule has 4 aromatic rings. The summed E-state index contributed by atoms with van der Waals surface area (Å²) in [6, 6.07) is 20.7. The third-order valence-corrected chi connectivity index (χ3v) is 5.04. The molecule has 0 unspecified atom stereocenters. The smallest absolute Gasteiger partial charge is 0.261 e. The Bertz CT molecular complexity index is 1310. The lowest BCUT2D eigenvalue weighted by atomic mass is 9.99. The first kappa shape index (κ1) is 19.2. The van der Waals surface area contributed by atoms with Crippen LogP contribution in [0.4, 0.5) is 11.4 Å². The summed E-state index contributed by atoms with van der Waals surface area (Å²) < 4.78 is 0. The second kappa shape index (κ2) is 8.09. The number of nitrogens with one attached hydrogen (secondary N) is 3. The molecule has 5 nitrogen and oxygen atoms in total. The van der Waals surface area contributed by atoms with Gasteiger partial charge in [0, 0.05) is 35.4 Å². The second-order valence-corrected chi connectivity index (χ2v) is 6.84. The third-order valence-electron chi connectivity index (χ3n) is 5.04. The van der Waals surface area contributed by atoms with Crippen LogP contribution >= 0.6 is 0 Å². The van der Waals surface area contributed by atoms with Crippen molar-refractivity contribution < 1.29 is 4.79 Å². The Morgan fingerprint density at radius 1 is 1.00 bits per heavy atom. The molecule has 0 saturated heterocycles. The van der Waals surface area contributed by atoms with E-state index >= 15 is 0 Å². The average Bonchev–Trinajstić information content (AvgIpc) is 2.79. The molecule has 0 atom stereocenters. The number of H-pyrrole nitrogens is 1. The van der Waals surface area contributed by atoms with Crippen molar-refractivity contribution in [2.24, 2.45) is 0 Å². The van der Waals surface area contributed by atoms with E-state index in [2.05, 4.69) is 22.2 Å². The maximum Gasteiger partial charge on any atom is 0.261 e. The van der Waals surface area contributed by atoms with Gasteiger partial charge in [0.1, 0.15) is 5.56 Å². The number of hydrogen-bond donors (Lipinski definition) is 3. The predicted molar refractivity (Wildman–Crippen MR) is 124 cm³/mol. The first-order chi connectivity index (χ1) is 14.6.